The fourth-order valence-corrected chi connectivity index (χ4v) is 3.64. The van der Waals surface area contributed by atoms with Crippen molar-refractivity contribution in [3.8, 4) is 23.2 Å². The molecular formula is C24H25N7O4. The summed E-state index contributed by atoms with van der Waals surface area (Å²) >= 11 is 0. The van der Waals surface area contributed by atoms with E-state index >= 15 is 0 Å². The van der Waals surface area contributed by atoms with E-state index < -0.39 is 5.97 Å². The fraction of sp³-hybridized carbons (Fsp3) is 0.333. The summed E-state index contributed by atoms with van der Waals surface area (Å²) in [5.74, 6) is 5.92. The number of aromatic nitrogens is 7. The number of aromatic amines is 1. The van der Waals surface area contributed by atoms with Gasteiger partial charge in [-0.3, -0.25) is 18.6 Å². The summed E-state index contributed by atoms with van der Waals surface area (Å²) in [7, 11) is 1.30. The van der Waals surface area contributed by atoms with E-state index in [1.807, 2.05) is 13.8 Å². The van der Waals surface area contributed by atoms with Gasteiger partial charge in [-0.1, -0.05) is 25.7 Å². The van der Waals surface area contributed by atoms with Crippen molar-refractivity contribution >= 4 is 17.1 Å². The third-order valence-corrected chi connectivity index (χ3v) is 5.29. The second-order valence-electron chi connectivity index (χ2n) is 7.83. The molecule has 0 aliphatic heterocycles. The summed E-state index contributed by atoms with van der Waals surface area (Å²) in [6.45, 7) is 5.01. The topological polar surface area (TPSA) is 130 Å². The number of fused-ring (bicyclic) bond motifs is 1. The van der Waals surface area contributed by atoms with Gasteiger partial charge in [-0.25, -0.2) is 19.6 Å². The van der Waals surface area contributed by atoms with Crippen molar-refractivity contribution in [1.29, 1.82) is 0 Å². The minimum absolute atomic E-state index is 0.214. The number of carbonyl (C=O) groups excluding carboxylic acids is 1. The number of methoxy groups -OCH3 is 1. The number of ether oxygens (including phenoxy) is 1. The zero-order chi connectivity index (χ0) is 24.9. The average Bonchev–Trinajstić information content (AvgIpc) is 3.52. The Labute approximate surface area is 200 Å². The van der Waals surface area contributed by atoms with Gasteiger partial charge >= 0.3 is 11.7 Å². The van der Waals surface area contributed by atoms with Gasteiger partial charge in [0, 0.05) is 31.0 Å². The van der Waals surface area contributed by atoms with Crippen molar-refractivity contribution in [3.63, 3.8) is 0 Å². The standard InChI is InChI=1S/C24H25N7O4/c1-4-10-30-21-19(22(32)31(11-5-2)24(30)34)27-20(28-21)17-14-26-29(15-17)12-6-7-16-8-9-18(25-13-16)23(33)35-3/h8-9,13-15H,4-5,10-12H2,1-3H3,(H,27,28). The van der Waals surface area contributed by atoms with Crippen LogP contribution in [0.5, 0.6) is 0 Å². The Bertz CT molecular complexity index is 1550. The number of pyridine rings is 1. The molecule has 4 rings (SSSR count). The maximum absolute atomic E-state index is 12.9. The second kappa shape index (κ2) is 10.2. The van der Waals surface area contributed by atoms with Crippen molar-refractivity contribution in [2.45, 2.75) is 46.3 Å². The van der Waals surface area contributed by atoms with Crippen LogP contribution in [0.15, 0.2) is 40.3 Å². The maximum Gasteiger partial charge on any atom is 0.356 e. The summed E-state index contributed by atoms with van der Waals surface area (Å²) in [6, 6.07) is 3.24. The van der Waals surface area contributed by atoms with Crippen LogP contribution in [0.1, 0.15) is 42.7 Å². The SMILES string of the molecule is CCCn1c(=O)c2[nH]c(-c3cnn(CC#Cc4ccc(C(=O)OC)nc4)c3)nc2n(CCC)c1=O. The normalized spacial score (nSPS) is 10.8. The first-order chi connectivity index (χ1) is 17.0. The van der Waals surface area contributed by atoms with Crippen LogP contribution in [0.4, 0.5) is 0 Å². The largest absolute Gasteiger partial charge is 0.464 e. The molecule has 0 unspecified atom stereocenters. The molecule has 35 heavy (non-hydrogen) atoms. The van der Waals surface area contributed by atoms with Crippen LogP contribution in [0.2, 0.25) is 0 Å². The van der Waals surface area contributed by atoms with Gasteiger partial charge in [0.15, 0.2) is 5.65 Å². The van der Waals surface area contributed by atoms with E-state index in [1.165, 1.54) is 17.9 Å². The number of nitrogens with zero attached hydrogens (tertiary/aromatic N) is 6. The van der Waals surface area contributed by atoms with Gasteiger partial charge < -0.3 is 9.72 Å². The molecule has 1 N–H and O–H groups in total. The number of nitrogens with one attached hydrogen (secondary N) is 1. The molecule has 11 nitrogen and oxygen atoms in total. The molecule has 0 aliphatic rings. The number of carbonyl (C=O) groups is 1. The number of hydrogen-bond donors (Lipinski definition) is 1. The molecular weight excluding hydrogens is 450 g/mol. The second-order valence-corrected chi connectivity index (χ2v) is 7.83. The molecule has 0 fully saturated rings. The number of hydrogen-bond acceptors (Lipinski definition) is 7. The fourth-order valence-electron chi connectivity index (χ4n) is 3.64. The highest BCUT2D eigenvalue weighted by Crippen LogP contribution is 2.18. The number of esters is 1. The zero-order valence-corrected chi connectivity index (χ0v) is 19.7. The quantitative estimate of drug-likeness (QED) is 0.319. The van der Waals surface area contributed by atoms with Crippen molar-refractivity contribution in [3.05, 3.63) is 62.8 Å². The molecule has 0 bridgehead atoms. The van der Waals surface area contributed by atoms with Gasteiger partial charge in [0.05, 0.1) is 18.9 Å². The van der Waals surface area contributed by atoms with Crippen molar-refractivity contribution in [1.82, 2.24) is 33.9 Å². The number of H-pyrrole nitrogens is 1. The van der Waals surface area contributed by atoms with Crippen LogP contribution in [0.3, 0.4) is 0 Å². The van der Waals surface area contributed by atoms with E-state index in [0.29, 0.717) is 54.2 Å². The molecule has 0 spiro atoms. The highest BCUT2D eigenvalue weighted by molar-refractivity contribution is 5.87. The zero-order valence-electron chi connectivity index (χ0n) is 19.7. The molecule has 0 amide bonds. The van der Waals surface area contributed by atoms with Crippen LogP contribution < -0.4 is 11.2 Å². The summed E-state index contributed by atoms with van der Waals surface area (Å²) in [4.78, 5) is 48.9. The lowest BCUT2D eigenvalue weighted by Crippen LogP contribution is -2.40. The van der Waals surface area contributed by atoms with Gasteiger partial charge in [0.2, 0.25) is 0 Å². The Kier molecular flexibility index (Phi) is 6.91. The van der Waals surface area contributed by atoms with Crippen LogP contribution >= 0.6 is 0 Å². The minimum atomic E-state index is -0.505. The molecule has 180 valence electrons. The number of aryl methyl sites for hydroxylation is 1. The van der Waals surface area contributed by atoms with Gasteiger partial charge in [-0.2, -0.15) is 5.10 Å². The lowest BCUT2D eigenvalue weighted by molar-refractivity contribution is 0.0594. The van der Waals surface area contributed by atoms with Crippen LogP contribution in [0.25, 0.3) is 22.6 Å². The monoisotopic (exact) mass is 475 g/mol. The molecule has 0 aromatic carbocycles. The summed E-state index contributed by atoms with van der Waals surface area (Å²) < 4.78 is 9.07. The highest BCUT2D eigenvalue weighted by atomic mass is 16.5. The molecule has 0 aliphatic carbocycles. The third kappa shape index (κ3) is 4.77. The van der Waals surface area contributed by atoms with E-state index in [9.17, 15) is 14.4 Å². The predicted octanol–water partition coefficient (Wildman–Crippen LogP) is 1.80. The molecule has 0 saturated carbocycles. The average molecular weight is 476 g/mol. The first-order valence-corrected chi connectivity index (χ1v) is 11.3. The highest BCUT2D eigenvalue weighted by Gasteiger charge is 2.18. The minimum Gasteiger partial charge on any atom is -0.464 e. The molecule has 4 heterocycles. The predicted molar refractivity (Wildman–Crippen MR) is 129 cm³/mol. The maximum atomic E-state index is 12.9. The van der Waals surface area contributed by atoms with Gasteiger partial charge in [0.1, 0.15) is 23.6 Å². The Balaban J connectivity index is 1.59. The Morgan fingerprint density at radius 3 is 2.57 bits per heavy atom. The van der Waals surface area contributed by atoms with Crippen LogP contribution in [0, 0.1) is 11.8 Å². The lowest BCUT2D eigenvalue weighted by atomic mass is 10.2. The molecule has 0 atom stereocenters. The van der Waals surface area contributed by atoms with Gasteiger partial charge in [-0.15, -0.1) is 0 Å². The Morgan fingerprint density at radius 1 is 1.11 bits per heavy atom. The summed E-state index contributed by atoms with van der Waals surface area (Å²) in [5, 5.41) is 4.31. The smallest absolute Gasteiger partial charge is 0.356 e. The number of imidazole rings is 1. The molecule has 4 aromatic rings. The van der Waals surface area contributed by atoms with E-state index in [1.54, 1.807) is 33.8 Å². The Hall–Kier alpha value is -4.46. The molecule has 0 radical (unpaired) electrons. The molecule has 4 aromatic heterocycles. The van der Waals surface area contributed by atoms with E-state index in [0.717, 1.165) is 6.42 Å². The number of rotatable bonds is 7. The summed E-state index contributed by atoms with van der Waals surface area (Å²) in [5.41, 5.74) is 1.47. The first kappa shape index (κ1) is 23.7. The molecule has 11 heteroatoms. The lowest BCUT2D eigenvalue weighted by Gasteiger charge is -2.09. The van der Waals surface area contributed by atoms with Crippen molar-refractivity contribution in [2.75, 3.05) is 7.11 Å². The van der Waals surface area contributed by atoms with Crippen molar-refractivity contribution in [2.24, 2.45) is 0 Å². The first-order valence-electron chi connectivity index (χ1n) is 11.3. The summed E-state index contributed by atoms with van der Waals surface area (Å²) in [6.07, 6.45) is 6.30. The van der Waals surface area contributed by atoms with Gasteiger partial charge in [0.25, 0.3) is 5.56 Å². The molecule has 0 saturated heterocycles. The van der Waals surface area contributed by atoms with Crippen LogP contribution in [-0.4, -0.2) is 46.9 Å². The van der Waals surface area contributed by atoms with E-state index in [4.69, 9.17) is 0 Å². The third-order valence-electron chi connectivity index (χ3n) is 5.29. The Morgan fingerprint density at radius 2 is 1.89 bits per heavy atom. The van der Waals surface area contributed by atoms with Crippen LogP contribution in [-0.2, 0) is 24.4 Å². The van der Waals surface area contributed by atoms with Gasteiger partial charge in [-0.05, 0) is 25.0 Å². The van der Waals surface area contributed by atoms with Crippen molar-refractivity contribution < 1.29 is 9.53 Å². The van der Waals surface area contributed by atoms with E-state index in [-0.39, 0.29) is 16.9 Å². The van der Waals surface area contributed by atoms with E-state index in [2.05, 4.69) is 36.6 Å².